The van der Waals surface area contributed by atoms with Crippen LogP contribution in [0, 0.1) is 5.41 Å². The molecule has 3 nitrogen and oxygen atoms in total. The second-order valence-corrected chi connectivity index (χ2v) is 6.14. The van der Waals surface area contributed by atoms with E-state index in [1.54, 1.807) is 0 Å². The molecule has 0 aromatic heterocycles. The lowest BCUT2D eigenvalue weighted by Crippen LogP contribution is -2.50. The Morgan fingerprint density at radius 3 is 2.00 bits per heavy atom. The molecule has 2 rings (SSSR count). The van der Waals surface area contributed by atoms with Crippen molar-refractivity contribution in [2.24, 2.45) is 5.41 Å². The summed E-state index contributed by atoms with van der Waals surface area (Å²) in [6, 6.07) is 0. The van der Waals surface area contributed by atoms with E-state index in [0.29, 0.717) is 30.1 Å². The molecule has 1 saturated carbocycles. The van der Waals surface area contributed by atoms with Gasteiger partial charge >= 0.3 is 0 Å². The van der Waals surface area contributed by atoms with Gasteiger partial charge < -0.3 is 0 Å². The lowest BCUT2D eigenvalue weighted by Gasteiger charge is -2.43. The molecule has 2 fully saturated rings. The topological polar surface area (TPSA) is 51.2 Å². The Labute approximate surface area is 72.1 Å². The van der Waals surface area contributed by atoms with Crippen molar-refractivity contribution in [1.29, 1.82) is 0 Å². The van der Waals surface area contributed by atoms with E-state index in [9.17, 15) is 13.2 Å². The van der Waals surface area contributed by atoms with Crippen molar-refractivity contribution in [3.63, 3.8) is 0 Å². The van der Waals surface area contributed by atoms with Crippen molar-refractivity contribution in [2.45, 2.75) is 25.7 Å². The first-order chi connectivity index (χ1) is 5.52. The second-order valence-electron chi connectivity index (χ2n) is 4.07. The molecule has 1 spiro atoms. The molecule has 1 aliphatic heterocycles. The zero-order valence-corrected chi connectivity index (χ0v) is 7.69. The van der Waals surface area contributed by atoms with E-state index in [0.717, 1.165) is 12.8 Å². The number of hydrogen-bond acceptors (Lipinski definition) is 3. The Bertz CT molecular complexity index is 291. The first kappa shape index (κ1) is 8.23. The highest BCUT2D eigenvalue weighted by atomic mass is 32.2. The minimum atomic E-state index is -2.72. The summed E-state index contributed by atoms with van der Waals surface area (Å²) in [4.78, 5) is 10.9. The molecule has 1 saturated heterocycles. The minimum absolute atomic E-state index is 0.00669. The third-order valence-electron chi connectivity index (χ3n) is 2.92. The molecular weight excluding hydrogens is 176 g/mol. The van der Waals surface area contributed by atoms with Gasteiger partial charge in [0.25, 0.3) is 0 Å². The van der Waals surface area contributed by atoms with E-state index in [1.807, 2.05) is 0 Å². The molecule has 0 unspecified atom stereocenters. The number of Topliss-reactive ketones (excluding diaryl/α,β-unsaturated/α-hetero) is 1. The Morgan fingerprint density at radius 2 is 1.58 bits per heavy atom. The van der Waals surface area contributed by atoms with Gasteiger partial charge in [0.2, 0.25) is 0 Å². The van der Waals surface area contributed by atoms with Gasteiger partial charge in [-0.15, -0.1) is 0 Å². The lowest BCUT2D eigenvalue weighted by atomic mass is 9.76. The zero-order chi connectivity index (χ0) is 8.82. The molecule has 4 heteroatoms. The molecule has 1 heterocycles. The van der Waals surface area contributed by atoms with Crippen molar-refractivity contribution in [2.75, 3.05) is 11.5 Å². The van der Waals surface area contributed by atoms with Gasteiger partial charge in [0.05, 0.1) is 11.5 Å². The Balaban J connectivity index is 2.04. The summed E-state index contributed by atoms with van der Waals surface area (Å²) < 4.78 is 21.9. The highest BCUT2D eigenvalue weighted by molar-refractivity contribution is 7.92. The average molecular weight is 188 g/mol. The SMILES string of the molecule is O=C1CCC2(CC1)CS(=O)(=O)C2. The number of ketones is 1. The van der Waals surface area contributed by atoms with Crippen LogP contribution in [0.5, 0.6) is 0 Å². The van der Waals surface area contributed by atoms with E-state index in [1.165, 1.54) is 0 Å². The maximum atomic E-state index is 11.0. The first-order valence-corrected chi connectivity index (χ1v) is 6.06. The van der Waals surface area contributed by atoms with Gasteiger partial charge in [-0.3, -0.25) is 4.79 Å². The molecule has 0 atom stereocenters. The van der Waals surface area contributed by atoms with Gasteiger partial charge in [-0.1, -0.05) is 0 Å². The molecule has 0 aromatic rings. The summed E-state index contributed by atoms with van der Waals surface area (Å²) in [7, 11) is -2.72. The highest BCUT2D eigenvalue weighted by Crippen LogP contribution is 2.44. The summed E-state index contributed by atoms with van der Waals surface area (Å²) >= 11 is 0. The summed E-state index contributed by atoms with van der Waals surface area (Å²) in [6.07, 6.45) is 2.78. The average Bonchev–Trinajstić information content (AvgIpc) is 1.91. The van der Waals surface area contributed by atoms with Gasteiger partial charge in [-0.25, -0.2) is 8.42 Å². The third kappa shape index (κ3) is 1.28. The number of rotatable bonds is 0. The van der Waals surface area contributed by atoms with Gasteiger partial charge in [0.1, 0.15) is 5.78 Å². The summed E-state index contributed by atoms with van der Waals surface area (Å²) in [5.74, 6) is 0.950. The fourth-order valence-electron chi connectivity index (χ4n) is 2.24. The molecule has 0 aromatic carbocycles. The standard InChI is InChI=1S/C8H12O3S/c9-7-1-3-8(4-2-7)5-12(10,11)6-8/h1-6H2. The monoisotopic (exact) mass is 188 g/mol. The van der Waals surface area contributed by atoms with E-state index < -0.39 is 9.84 Å². The van der Waals surface area contributed by atoms with Gasteiger partial charge in [0, 0.05) is 12.8 Å². The normalized spacial score (nSPS) is 31.5. The van der Waals surface area contributed by atoms with Crippen molar-refractivity contribution >= 4 is 15.6 Å². The summed E-state index contributed by atoms with van der Waals surface area (Å²) in [5.41, 5.74) is 0.00669. The van der Waals surface area contributed by atoms with Gasteiger partial charge in [-0.05, 0) is 18.3 Å². The van der Waals surface area contributed by atoms with Crippen LogP contribution in [0.15, 0.2) is 0 Å². The minimum Gasteiger partial charge on any atom is -0.300 e. The van der Waals surface area contributed by atoms with Crippen LogP contribution in [0.4, 0.5) is 0 Å². The Hall–Kier alpha value is -0.380. The van der Waals surface area contributed by atoms with E-state index in [2.05, 4.69) is 0 Å². The lowest BCUT2D eigenvalue weighted by molar-refractivity contribution is -0.122. The van der Waals surface area contributed by atoms with Crippen LogP contribution in [0.25, 0.3) is 0 Å². The largest absolute Gasteiger partial charge is 0.300 e. The molecule has 12 heavy (non-hydrogen) atoms. The van der Waals surface area contributed by atoms with Crippen LogP contribution in [0.3, 0.4) is 0 Å². The molecule has 1 aliphatic carbocycles. The molecule has 0 bridgehead atoms. The smallest absolute Gasteiger partial charge is 0.151 e. The van der Waals surface area contributed by atoms with Crippen LogP contribution in [0.1, 0.15) is 25.7 Å². The van der Waals surface area contributed by atoms with Crippen LogP contribution in [0.2, 0.25) is 0 Å². The number of carbonyl (C=O) groups is 1. The van der Waals surface area contributed by atoms with Gasteiger partial charge in [-0.2, -0.15) is 0 Å². The molecule has 0 radical (unpaired) electrons. The van der Waals surface area contributed by atoms with Crippen molar-refractivity contribution in [1.82, 2.24) is 0 Å². The molecular formula is C8H12O3S. The quantitative estimate of drug-likeness (QED) is 0.557. The Morgan fingerprint density at radius 1 is 1.08 bits per heavy atom. The summed E-state index contributed by atoms with van der Waals surface area (Å²) in [6.45, 7) is 0. The van der Waals surface area contributed by atoms with E-state index in [-0.39, 0.29) is 5.41 Å². The van der Waals surface area contributed by atoms with Crippen LogP contribution in [-0.2, 0) is 14.6 Å². The maximum absolute atomic E-state index is 11.0. The zero-order valence-electron chi connectivity index (χ0n) is 6.88. The van der Waals surface area contributed by atoms with Crippen LogP contribution >= 0.6 is 0 Å². The number of sulfone groups is 1. The first-order valence-electron chi connectivity index (χ1n) is 4.24. The predicted octanol–water partition coefficient (Wildman–Crippen LogP) is 0.544. The molecule has 2 aliphatic rings. The molecule has 0 N–H and O–H groups in total. The van der Waals surface area contributed by atoms with Crippen molar-refractivity contribution in [3.8, 4) is 0 Å². The summed E-state index contributed by atoms with van der Waals surface area (Å²) in [5, 5.41) is 0. The maximum Gasteiger partial charge on any atom is 0.151 e. The number of hydrogen-bond donors (Lipinski definition) is 0. The second kappa shape index (κ2) is 2.31. The highest BCUT2D eigenvalue weighted by Gasteiger charge is 2.49. The fraction of sp³-hybridized carbons (Fsp3) is 0.875. The van der Waals surface area contributed by atoms with Crippen molar-refractivity contribution in [3.05, 3.63) is 0 Å². The van der Waals surface area contributed by atoms with Crippen LogP contribution in [-0.4, -0.2) is 25.7 Å². The Kier molecular flexibility index (Phi) is 1.59. The van der Waals surface area contributed by atoms with Crippen LogP contribution < -0.4 is 0 Å². The van der Waals surface area contributed by atoms with E-state index in [4.69, 9.17) is 0 Å². The van der Waals surface area contributed by atoms with Gasteiger partial charge in [0.15, 0.2) is 9.84 Å². The number of carbonyl (C=O) groups excluding carboxylic acids is 1. The third-order valence-corrected chi connectivity index (χ3v) is 5.02. The fourth-order valence-corrected chi connectivity index (χ4v) is 4.60. The van der Waals surface area contributed by atoms with Crippen molar-refractivity contribution < 1.29 is 13.2 Å². The van der Waals surface area contributed by atoms with E-state index >= 15 is 0 Å². The molecule has 68 valence electrons. The molecule has 0 amide bonds. The predicted molar refractivity (Wildman–Crippen MR) is 44.6 cm³/mol.